The van der Waals surface area contributed by atoms with Gasteiger partial charge in [-0.1, -0.05) is 78.1 Å². The molecule has 2 aliphatic rings. The van der Waals surface area contributed by atoms with Crippen LogP contribution in [0.4, 0.5) is 11.4 Å². The zero-order chi connectivity index (χ0) is 29.7. The molecule has 4 heterocycles. The highest BCUT2D eigenvalue weighted by Crippen LogP contribution is 2.48. The maximum atomic E-state index is 2.51. The molecular weight excluding hydrogens is 577 g/mol. The summed E-state index contributed by atoms with van der Waals surface area (Å²) in [5.41, 5.74) is 6.42. The number of fused-ring (bicyclic) bond motifs is 2. The summed E-state index contributed by atoms with van der Waals surface area (Å²) in [5, 5.41) is 2.56. The molecule has 0 aliphatic carbocycles. The number of pyridine rings is 2. The first kappa shape index (κ1) is 28.5. The van der Waals surface area contributed by atoms with Crippen molar-refractivity contribution in [1.29, 1.82) is 0 Å². The molecule has 4 nitrogen and oxygen atoms in total. The fourth-order valence-corrected chi connectivity index (χ4v) is 7.87. The molecule has 0 radical (unpaired) electrons. The van der Waals surface area contributed by atoms with Crippen molar-refractivity contribution in [2.75, 3.05) is 16.3 Å². The van der Waals surface area contributed by atoms with E-state index in [0.29, 0.717) is 0 Å². The van der Waals surface area contributed by atoms with Crippen LogP contribution in [-0.2, 0) is 20.1 Å². The molecule has 0 N–H and O–H groups in total. The summed E-state index contributed by atoms with van der Waals surface area (Å²) in [4.78, 5) is 7.61. The van der Waals surface area contributed by atoms with Gasteiger partial charge in [0, 0.05) is 53.6 Å². The average molecular weight is 613 g/mol. The average Bonchev–Trinajstić information content (AvgIpc) is 3.60. The molecule has 0 unspecified atom stereocenters. The lowest BCUT2D eigenvalue weighted by Gasteiger charge is -2.21. The first-order chi connectivity index (χ1) is 21.7. The summed E-state index contributed by atoms with van der Waals surface area (Å²) in [6, 6.07) is 37.1. The molecule has 0 saturated carbocycles. The van der Waals surface area contributed by atoms with Crippen molar-refractivity contribution in [2.45, 2.75) is 35.7 Å². The van der Waals surface area contributed by atoms with E-state index in [9.17, 15) is 0 Å². The van der Waals surface area contributed by atoms with E-state index >= 15 is 0 Å². The molecule has 2 aromatic heterocycles. The Kier molecular flexibility index (Phi) is 8.53. The second-order valence-electron chi connectivity index (χ2n) is 11.2. The number of allylic oxidation sites excluding steroid dienone is 2. The number of nitrogens with zero attached hydrogens (tertiary/aromatic N) is 4. The Morgan fingerprint density at radius 2 is 1.14 bits per heavy atom. The Labute approximate surface area is 269 Å². The molecule has 44 heavy (non-hydrogen) atoms. The Morgan fingerprint density at radius 1 is 0.591 bits per heavy atom. The summed E-state index contributed by atoms with van der Waals surface area (Å²) in [5.74, 6) is 0. The first-order valence-corrected chi connectivity index (χ1v) is 16.8. The van der Waals surface area contributed by atoms with Crippen molar-refractivity contribution in [3.63, 3.8) is 0 Å². The largest absolute Gasteiger partial charge is 0.335 e. The predicted molar refractivity (Wildman–Crippen MR) is 183 cm³/mol. The maximum absolute atomic E-state index is 2.51. The van der Waals surface area contributed by atoms with Crippen LogP contribution in [0.3, 0.4) is 0 Å². The van der Waals surface area contributed by atoms with E-state index in [1.54, 1.807) is 0 Å². The number of thioether (sulfide) groups is 2. The number of hydrogen-bond acceptors (Lipinski definition) is 4. The quantitative estimate of drug-likeness (QED) is 0.123. The van der Waals surface area contributed by atoms with Gasteiger partial charge in [-0.05, 0) is 59.5 Å². The molecule has 0 spiro atoms. The highest BCUT2D eigenvalue weighted by molar-refractivity contribution is 8.04. The van der Waals surface area contributed by atoms with Gasteiger partial charge in [0.1, 0.15) is 13.6 Å². The van der Waals surface area contributed by atoms with Gasteiger partial charge in [0.25, 0.3) is 0 Å². The summed E-state index contributed by atoms with van der Waals surface area (Å²) in [7, 11) is 2.05. The van der Waals surface area contributed by atoms with E-state index < -0.39 is 0 Å². The van der Waals surface area contributed by atoms with Gasteiger partial charge in [-0.25, -0.2) is 9.13 Å². The van der Waals surface area contributed by atoms with E-state index in [0.717, 1.165) is 32.5 Å². The monoisotopic (exact) mass is 612 g/mol. The molecule has 5 aromatic rings. The fourth-order valence-electron chi connectivity index (χ4n) is 5.71. The van der Waals surface area contributed by atoms with Crippen molar-refractivity contribution in [3.8, 4) is 11.1 Å². The third-order valence-corrected chi connectivity index (χ3v) is 10.3. The number of para-hydroxylation sites is 2. The summed E-state index contributed by atoms with van der Waals surface area (Å²) in [6.07, 6.45) is 15.5. The SMILES string of the molecule is C[n+]1ccc(-c2cc[n+](CCCCN3/C(=C\C=C4\Sc5ccccc5N4Cc4ccccc4)Sc4ccccc43)cc2)cc1. The molecule has 2 aliphatic heterocycles. The van der Waals surface area contributed by atoms with Gasteiger partial charge >= 0.3 is 0 Å². The standard InChI is InChI=1S/C38H36N4S2/c1-39-25-19-31(20-26-39)32-21-27-40(28-22-32)23-9-10-24-41-33-13-5-7-15-35(33)43-37(41)17-18-38-42(29-30-11-3-2-4-12-30)34-14-6-8-16-36(34)44-38/h2-8,11-22,25-28H,9-10,23-24,29H2,1H3/q+2/b37-17+,38-18+. The molecule has 0 atom stereocenters. The lowest BCUT2D eigenvalue weighted by molar-refractivity contribution is -0.697. The Bertz CT molecular complexity index is 1800. The van der Waals surface area contributed by atoms with Crippen molar-refractivity contribution in [3.05, 3.63) is 156 Å². The van der Waals surface area contributed by atoms with E-state index in [1.807, 2.05) is 30.6 Å². The second kappa shape index (κ2) is 13.2. The third-order valence-electron chi connectivity index (χ3n) is 8.08. The summed E-state index contributed by atoms with van der Waals surface area (Å²) in [6.45, 7) is 2.87. The Balaban J connectivity index is 1.04. The molecule has 218 valence electrons. The summed E-state index contributed by atoms with van der Waals surface area (Å²) < 4.78 is 4.37. The van der Waals surface area contributed by atoms with Crippen molar-refractivity contribution in [1.82, 2.24) is 0 Å². The number of unbranched alkanes of at least 4 members (excludes halogenated alkanes) is 1. The van der Waals surface area contributed by atoms with Crippen molar-refractivity contribution >= 4 is 34.9 Å². The van der Waals surface area contributed by atoms with Gasteiger partial charge in [0.05, 0.1) is 21.4 Å². The topological polar surface area (TPSA) is 14.2 Å². The minimum Gasteiger partial charge on any atom is -0.335 e. The molecule has 0 fully saturated rings. The van der Waals surface area contributed by atoms with Crippen LogP contribution in [0.5, 0.6) is 0 Å². The summed E-state index contributed by atoms with van der Waals surface area (Å²) >= 11 is 3.74. The van der Waals surface area contributed by atoms with Crippen LogP contribution in [0.1, 0.15) is 18.4 Å². The van der Waals surface area contributed by atoms with Crippen LogP contribution < -0.4 is 18.9 Å². The molecule has 0 amide bonds. The minimum atomic E-state index is 0.861. The van der Waals surface area contributed by atoms with Gasteiger partial charge in [-0.3, -0.25) is 0 Å². The van der Waals surface area contributed by atoms with Crippen LogP contribution in [0, 0.1) is 0 Å². The van der Waals surface area contributed by atoms with Gasteiger partial charge in [0.2, 0.25) is 0 Å². The molecule has 7 rings (SSSR count). The normalized spacial score (nSPS) is 15.7. The number of aryl methyl sites for hydroxylation is 2. The highest BCUT2D eigenvalue weighted by atomic mass is 32.2. The Morgan fingerprint density at radius 3 is 1.80 bits per heavy atom. The van der Waals surface area contributed by atoms with E-state index in [1.165, 1.54) is 47.9 Å². The van der Waals surface area contributed by atoms with Crippen molar-refractivity contribution in [2.24, 2.45) is 7.05 Å². The van der Waals surface area contributed by atoms with E-state index in [4.69, 9.17) is 0 Å². The van der Waals surface area contributed by atoms with Crippen molar-refractivity contribution < 1.29 is 9.13 Å². The lowest BCUT2D eigenvalue weighted by Crippen LogP contribution is -2.33. The number of hydrogen-bond donors (Lipinski definition) is 0. The Hall–Kier alpha value is -4.26. The smallest absolute Gasteiger partial charge is 0.169 e. The van der Waals surface area contributed by atoms with Crippen LogP contribution in [0.2, 0.25) is 0 Å². The molecule has 0 saturated heterocycles. The van der Waals surface area contributed by atoms with Gasteiger partial charge in [-0.15, -0.1) is 0 Å². The molecular formula is C38H36N4S2+2. The number of aromatic nitrogens is 2. The molecule has 0 bridgehead atoms. The van der Waals surface area contributed by atoms with E-state index in [-0.39, 0.29) is 0 Å². The van der Waals surface area contributed by atoms with Gasteiger partial charge in [0.15, 0.2) is 24.8 Å². The van der Waals surface area contributed by atoms with Crippen LogP contribution >= 0.6 is 23.5 Å². The number of benzene rings is 3. The van der Waals surface area contributed by atoms with Gasteiger partial charge < -0.3 is 9.80 Å². The highest BCUT2D eigenvalue weighted by Gasteiger charge is 2.27. The number of rotatable bonds is 9. The first-order valence-electron chi connectivity index (χ1n) is 15.2. The molecule has 3 aromatic carbocycles. The zero-order valence-corrected chi connectivity index (χ0v) is 26.6. The van der Waals surface area contributed by atoms with E-state index in [2.05, 4.69) is 159 Å². The van der Waals surface area contributed by atoms with Crippen LogP contribution in [0.15, 0.2) is 160 Å². The second-order valence-corrected chi connectivity index (χ2v) is 13.3. The fraction of sp³-hybridized carbons (Fsp3) is 0.158. The van der Waals surface area contributed by atoms with Crippen LogP contribution in [-0.4, -0.2) is 6.54 Å². The van der Waals surface area contributed by atoms with Crippen LogP contribution in [0.25, 0.3) is 11.1 Å². The molecule has 6 heteroatoms. The van der Waals surface area contributed by atoms with Gasteiger partial charge in [-0.2, -0.15) is 0 Å². The third kappa shape index (κ3) is 6.33. The lowest BCUT2D eigenvalue weighted by atomic mass is 10.1. The maximum Gasteiger partial charge on any atom is 0.169 e. The zero-order valence-electron chi connectivity index (χ0n) is 24.9. The number of anilines is 2. The minimum absolute atomic E-state index is 0.861. The predicted octanol–water partition coefficient (Wildman–Crippen LogP) is 8.35.